The van der Waals surface area contributed by atoms with Gasteiger partial charge in [0.25, 0.3) is 5.91 Å². The summed E-state index contributed by atoms with van der Waals surface area (Å²) in [5, 5.41) is 8.54. The standard InChI is InChI=1S/C25H29FN4O3/c1-15-22-17(13-30(29-22)18-10-8-16(14-31)9-11-18)12-20(23(15)33-4)28-24(32)19-6-5-7-21(27-19)25(2,3)26/h5-7,12-14,16,18H,8-11H2,1-4H3,(H,28,32)/t16-,18-. The van der Waals surface area contributed by atoms with E-state index < -0.39 is 11.6 Å². The highest BCUT2D eigenvalue weighted by atomic mass is 19.1. The van der Waals surface area contributed by atoms with E-state index in [0.29, 0.717) is 11.4 Å². The third-order valence-electron chi connectivity index (χ3n) is 6.35. The first kappa shape index (κ1) is 22.9. The molecule has 1 aliphatic rings. The maximum absolute atomic E-state index is 14.3. The van der Waals surface area contributed by atoms with Crippen molar-refractivity contribution in [1.82, 2.24) is 14.8 Å². The van der Waals surface area contributed by atoms with Crippen molar-refractivity contribution in [2.24, 2.45) is 5.92 Å². The van der Waals surface area contributed by atoms with Gasteiger partial charge in [-0.15, -0.1) is 0 Å². The van der Waals surface area contributed by atoms with Crippen LogP contribution in [-0.4, -0.2) is 34.1 Å². The number of hydrogen-bond acceptors (Lipinski definition) is 5. The van der Waals surface area contributed by atoms with E-state index in [2.05, 4.69) is 10.3 Å². The zero-order chi connectivity index (χ0) is 23.8. The quantitative estimate of drug-likeness (QED) is 0.524. The second-order valence-electron chi connectivity index (χ2n) is 9.17. The van der Waals surface area contributed by atoms with E-state index in [1.54, 1.807) is 25.3 Å². The number of anilines is 1. The van der Waals surface area contributed by atoms with E-state index in [-0.39, 0.29) is 23.3 Å². The second-order valence-corrected chi connectivity index (χ2v) is 9.17. The summed E-state index contributed by atoms with van der Waals surface area (Å²) in [5.41, 5.74) is 0.797. The van der Waals surface area contributed by atoms with Crippen molar-refractivity contribution in [2.75, 3.05) is 12.4 Å². The van der Waals surface area contributed by atoms with Crippen LogP contribution < -0.4 is 10.1 Å². The molecule has 1 N–H and O–H groups in total. The Morgan fingerprint density at radius 3 is 2.64 bits per heavy atom. The average Bonchev–Trinajstić information content (AvgIpc) is 3.23. The Hall–Kier alpha value is -3.29. The summed E-state index contributed by atoms with van der Waals surface area (Å²) in [6, 6.07) is 6.81. The van der Waals surface area contributed by atoms with Crippen LogP contribution in [-0.2, 0) is 10.5 Å². The number of carbonyl (C=O) groups excluding carboxylic acids is 2. The largest absolute Gasteiger partial charge is 0.494 e. The molecule has 0 atom stereocenters. The molecular formula is C25H29FN4O3. The highest BCUT2D eigenvalue weighted by Crippen LogP contribution is 2.37. The zero-order valence-electron chi connectivity index (χ0n) is 19.4. The fourth-order valence-electron chi connectivity index (χ4n) is 4.46. The number of methoxy groups -OCH3 is 1. The SMILES string of the molecule is COc1c(NC(=O)c2cccc(C(C)(C)F)n2)cc2cn([C@H]3CC[C@H](C=O)CC3)nc2c1C. The number of benzene rings is 1. The second kappa shape index (κ2) is 8.92. The van der Waals surface area contributed by atoms with Gasteiger partial charge in [-0.3, -0.25) is 9.48 Å². The topological polar surface area (TPSA) is 86.1 Å². The Morgan fingerprint density at radius 2 is 2.00 bits per heavy atom. The number of amides is 1. The number of pyridine rings is 1. The molecule has 3 aromatic rings. The molecule has 4 rings (SSSR count). The molecular weight excluding hydrogens is 423 g/mol. The Balaban J connectivity index is 1.64. The van der Waals surface area contributed by atoms with E-state index in [4.69, 9.17) is 9.84 Å². The molecule has 174 valence electrons. The van der Waals surface area contributed by atoms with Crippen molar-refractivity contribution < 1.29 is 18.7 Å². The van der Waals surface area contributed by atoms with E-state index in [9.17, 15) is 14.0 Å². The maximum atomic E-state index is 14.3. The lowest BCUT2D eigenvalue weighted by molar-refractivity contribution is -0.112. The highest BCUT2D eigenvalue weighted by Gasteiger charge is 2.25. The number of aldehydes is 1. The molecule has 1 aromatic carbocycles. The van der Waals surface area contributed by atoms with Crippen LogP contribution in [0.15, 0.2) is 30.5 Å². The van der Waals surface area contributed by atoms with Gasteiger partial charge >= 0.3 is 0 Å². The molecule has 2 aromatic heterocycles. The molecule has 2 heterocycles. The Morgan fingerprint density at radius 1 is 1.27 bits per heavy atom. The number of halogens is 1. The van der Waals surface area contributed by atoms with Crippen molar-refractivity contribution >= 4 is 28.8 Å². The van der Waals surface area contributed by atoms with Gasteiger partial charge < -0.3 is 14.8 Å². The fraction of sp³-hybridized carbons (Fsp3) is 0.440. The molecule has 33 heavy (non-hydrogen) atoms. The van der Waals surface area contributed by atoms with Crippen molar-refractivity contribution in [3.63, 3.8) is 0 Å². The molecule has 1 aliphatic carbocycles. The van der Waals surface area contributed by atoms with Crippen LogP contribution in [0.3, 0.4) is 0 Å². The summed E-state index contributed by atoms with van der Waals surface area (Å²) in [5.74, 6) is 0.218. The summed E-state index contributed by atoms with van der Waals surface area (Å²) >= 11 is 0. The zero-order valence-corrected chi connectivity index (χ0v) is 19.4. The number of rotatable bonds is 6. The van der Waals surface area contributed by atoms with Crippen LogP contribution in [0.5, 0.6) is 5.75 Å². The van der Waals surface area contributed by atoms with E-state index in [1.165, 1.54) is 13.8 Å². The van der Waals surface area contributed by atoms with Crippen LogP contribution in [0.2, 0.25) is 0 Å². The highest BCUT2D eigenvalue weighted by molar-refractivity contribution is 6.05. The predicted molar refractivity (Wildman–Crippen MR) is 124 cm³/mol. The first-order valence-electron chi connectivity index (χ1n) is 11.2. The van der Waals surface area contributed by atoms with Gasteiger partial charge in [-0.1, -0.05) is 6.07 Å². The van der Waals surface area contributed by atoms with E-state index >= 15 is 0 Å². The number of nitrogens with zero attached hydrogens (tertiary/aromatic N) is 3. The number of nitrogens with one attached hydrogen (secondary N) is 1. The molecule has 0 radical (unpaired) electrons. The smallest absolute Gasteiger partial charge is 0.274 e. The van der Waals surface area contributed by atoms with E-state index in [1.807, 2.05) is 23.9 Å². The molecule has 0 aliphatic heterocycles. The van der Waals surface area contributed by atoms with Crippen molar-refractivity contribution in [3.8, 4) is 5.75 Å². The van der Waals surface area contributed by atoms with Crippen molar-refractivity contribution in [1.29, 1.82) is 0 Å². The minimum atomic E-state index is -1.65. The van der Waals surface area contributed by atoms with Crippen molar-refractivity contribution in [2.45, 2.75) is 58.2 Å². The van der Waals surface area contributed by atoms with Crippen LogP contribution in [0.1, 0.15) is 67.3 Å². The van der Waals surface area contributed by atoms with Gasteiger partial charge in [-0.25, -0.2) is 9.37 Å². The Kier molecular flexibility index (Phi) is 6.19. The van der Waals surface area contributed by atoms with Gasteiger partial charge in [0.05, 0.1) is 30.0 Å². The molecule has 0 saturated heterocycles. The first-order chi connectivity index (χ1) is 15.7. The first-order valence-corrected chi connectivity index (χ1v) is 11.2. The van der Waals surface area contributed by atoms with Crippen LogP contribution >= 0.6 is 0 Å². The monoisotopic (exact) mass is 452 g/mol. The number of ether oxygens (including phenoxy) is 1. The summed E-state index contributed by atoms with van der Waals surface area (Å²) in [7, 11) is 1.55. The molecule has 0 spiro atoms. The Bertz CT molecular complexity index is 1190. The summed E-state index contributed by atoms with van der Waals surface area (Å²) in [6.45, 7) is 4.71. The molecule has 8 heteroatoms. The number of aromatic nitrogens is 3. The van der Waals surface area contributed by atoms with Gasteiger partial charge in [-0.2, -0.15) is 5.10 Å². The summed E-state index contributed by atoms with van der Waals surface area (Å²) < 4.78 is 21.9. The number of carbonyl (C=O) groups is 2. The molecule has 1 fully saturated rings. The number of aryl methyl sites for hydroxylation is 1. The Labute approximate surface area is 192 Å². The van der Waals surface area contributed by atoms with Crippen LogP contribution in [0.4, 0.5) is 10.1 Å². The lowest BCUT2D eigenvalue weighted by atomic mass is 9.87. The third-order valence-corrected chi connectivity index (χ3v) is 6.35. The predicted octanol–water partition coefficient (Wildman–Crippen LogP) is 5.14. The van der Waals surface area contributed by atoms with Crippen LogP contribution in [0, 0.1) is 12.8 Å². The maximum Gasteiger partial charge on any atom is 0.274 e. The van der Waals surface area contributed by atoms with Gasteiger partial charge in [0.1, 0.15) is 23.4 Å². The molecule has 1 saturated carbocycles. The molecule has 7 nitrogen and oxygen atoms in total. The van der Waals surface area contributed by atoms with Gasteiger partial charge in [0.15, 0.2) is 0 Å². The molecule has 1 amide bonds. The number of hydrogen-bond donors (Lipinski definition) is 1. The molecule has 0 bridgehead atoms. The summed E-state index contributed by atoms with van der Waals surface area (Å²) in [6.07, 6.45) is 6.59. The normalized spacial score (nSPS) is 18.8. The van der Waals surface area contributed by atoms with Crippen LogP contribution in [0.25, 0.3) is 10.9 Å². The minimum absolute atomic E-state index is 0.126. The average molecular weight is 453 g/mol. The molecule has 0 unspecified atom stereocenters. The third kappa shape index (κ3) is 4.60. The van der Waals surface area contributed by atoms with E-state index in [0.717, 1.165) is 48.4 Å². The minimum Gasteiger partial charge on any atom is -0.494 e. The lowest BCUT2D eigenvalue weighted by Crippen LogP contribution is -2.19. The van der Waals surface area contributed by atoms with Gasteiger partial charge in [-0.05, 0) is 64.7 Å². The van der Waals surface area contributed by atoms with Gasteiger partial charge in [0, 0.05) is 23.1 Å². The lowest BCUT2D eigenvalue weighted by Gasteiger charge is -2.25. The fourth-order valence-corrected chi connectivity index (χ4v) is 4.46. The number of alkyl halides is 1. The van der Waals surface area contributed by atoms with Gasteiger partial charge in [0.2, 0.25) is 0 Å². The summed E-state index contributed by atoms with van der Waals surface area (Å²) in [4.78, 5) is 28.2. The van der Waals surface area contributed by atoms with Crippen molar-refractivity contribution in [3.05, 3.63) is 47.4 Å². The number of fused-ring (bicyclic) bond motifs is 1.